The van der Waals surface area contributed by atoms with Gasteiger partial charge in [-0.05, 0) is 16.3 Å². The summed E-state index contributed by atoms with van der Waals surface area (Å²) >= 11 is 1.43. The molecule has 1 aromatic rings. The van der Waals surface area contributed by atoms with Crippen LogP contribution < -0.4 is 0 Å². The maximum absolute atomic E-state index is 10.3. The normalized spacial score (nSPS) is 9.92. The second kappa shape index (κ2) is 4.76. The number of thioether (sulfide) groups is 1. The van der Waals surface area contributed by atoms with Gasteiger partial charge < -0.3 is 10.1 Å². The molecule has 70 valence electrons. The highest BCUT2D eigenvalue weighted by Gasteiger charge is 2.10. The molecule has 0 aromatic carbocycles. The first-order chi connectivity index (χ1) is 6.24. The number of nitrogens with zero attached hydrogens (tertiary/aromatic N) is 3. The van der Waals surface area contributed by atoms with Gasteiger partial charge in [-0.1, -0.05) is 18.7 Å². The lowest BCUT2D eigenvalue weighted by Gasteiger charge is -1.93. The van der Waals surface area contributed by atoms with E-state index in [1.165, 1.54) is 24.0 Å². The third-order valence-electron chi connectivity index (χ3n) is 1.24. The highest BCUT2D eigenvalue weighted by Crippen LogP contribution is 2.15. The van der Waals surface area contributed by atoms with Crippen LogP contribution in [0.3, 0.4) is 0 Å². The first-order valence-electron chi connectivity index (χ1n) is 3.84. The van der Waals surface area contributed by atoms with Crippen LogP contribution in [0, 0.1) is 10.1 Å². The van der Waals surface area contributed by atoms with Crippen LogP contribution in [0.1, 0.15) is 13.3 Å². The molecule has 0 saturated carbocycles. The van der Waals surface area contributed by atoms with Crippen LogP contribution in [0.15, 0.2) is 17.4 Å². The van der Waals surface area contributed by atoms with Crippen molar-refractivity contribution in [1.29, 1.82) is 0 Å². The molecule has 0 atom stereocenters. The van der Waals surface area contributed by atoms with Crippen molar-refractivity contribution in [3.63, 3.8) is 0 Å². The molecule has 0 radical (unpaired) electrons. The number of rotatable bonds is 4. The molecule has 0 unspecified atom stereocenters. The van der Waals surface area contributed by atoms with Crippen LogP contribution >= 0.6 is 11.8 Å². The molecule has 0 spiro atoms. The Labute approximate surface area is 79.7 Å². The van der Waals surface area contributed by atoms with Gasteiger partial charge in [-0.3, -0.25) is 0 Å². The van der Waals surface area contributed by atoms with Crippen LogP contribution in [0.25, 0.3) is 0 Å². The Bertz CT molecular complexity index is 306. The SMILES string of the molecule is CCCSc1nccc([N+](=O)[O-])n1. The third kappa shape index (κ3) is 2.98. The van der Waals surface area contributed by atoms with Gasteiger partial charge in [0.2, 0.25) is 0 Å². The quantitative estimate of drug-likeness (QED) is 0.320. The molecule has 0 saturated heterocycles. The number of nitro groups is 1. The molecule has 1 heterocycles. The topological polar surface area (TPSA) is 68.9 Å². The van der Waals surface area contributed by atoms with Gasteiger partial charge in [0.25, 0.3) is 0 Å². The van der Waals surface area contributed by atoms with Crippen molar-refractivity contribution >= 4 is 17.6 Å². The van der Waals surface area contributed by atoms with Gasteiger partial charge in [0.15, 0.2) is 0 Å². The first-order valence-corrected chi connectivity index (χ1v) is 4.83. The van der Waals surface area contributed by atoms with Gasteiger partial charge in [0.05, 0.1) is 6.07 Å². The largest absolute Gasteiger partial charge is 0.368 e. The fourth-order valence-corrected chi connectivity index (χ4v) is 1.38. The minimum Gasteiger partial charge on any atom is -0.358 e. The summed E-state index contributed by atoms with van der Waals surface area (Å²) in [5.41, 5.74) is 0. The van der Waals surface area contributed by atoms with Crippen molar-refractivity contribution in [2.24, 2.45) is 0 Å². The molecule has 6 heteroatoms. The van der Waals surface area contributed by atoms with Crippen molar-refractivity contribution in [2.45, 2.75) is 18.5 Å². The van der Waals surface area contributed by atoms with E-state index in [0.29, 0.717) is 5.16 Å². The molecule has 0 aliphatic carbocycles. The van der Waals surface area contributed by atoms with Crippen LogP contribution in [0.4, 0.5) is 5.82 Å². The number of aromatic nitrogens is 2. The van der Waals surface area contributed by atoms with Crippen molar-refractivity contribution in [3.05, 3.63) is 22.4 Å². The predicted molar refractivity (Wildman–Crippen MR) is 49.7 cm³/mol. The standard InChI is InChI=1S/C7H9N3O2S/c1-2-5-13-7-8-4-3-6(9-7)10(11)12/h3-4H,2,5H2,1H3. The van der Waals surface area contributed by atoms with Crippen LogP contribution in [0.5, 0.6) is 0 Å². The summed E-state index contributed by atoms with van der Waals surface area (Å²) in [6.07, 6.45) is 2.40. The van der Waals surface area contributed by atoms with Crippen LogP contribution in [-0.4, -0.2) is 20.6 Å². The average molecular weight is 199 g/mol. The highest BCUT2D eigenvalue weighted by molar-refractivity contribution is 7.99. The smallest absolute Gasteiger partial charge is 0.358 e. The lowest BCUT2D eigenvalue weighted by molar-refractivity contribution is -0.390. The molecule has 0 aliphatic heterocycles. The molecular formula is C7H9N3O2S. The Hall–Kier alpha value is -1.17. The fraction of sp³-hybridized carbons (Fsp3) is 0.429. The van der Waals surface area contributed by atoms with Gasteiger partial charge in [0.1, 0.15) is 0 Å². The van der Waals surface area contributed by atoms with Crippen molar-refractivity contribution in [1.82, 2.24) is 9.97 Å². The summed E-state index contributed by atoms with van der Waals surface area (Å²) in [6.45, 7) is 2.03. The minimum atomic E-state index is -0.516. The van der Waals surface area contributed by atoms with E-state index in [1.807, 2.05) is 6.92 Å². The fourth-order valence-electron chi connectivity index (χ4n) is 0.696. The predicted octanol–water partition coefficient (Wildman–Crippen LogP) is 1.89. The summed E-state index contributed by atoms with van der Waals surface area (Å²) in [5.74, 6) is 0.731. The molecule has 0 aliphatic rings. The monoisotopic (exact) mass is 199 g/mol. The number of hydrogen-bond acceptors (Lipinski definition) is 5. The first kappa shape index (κ1) is 9.91. The maximum Gasteiger partial charge on any atom is 0.368 e. The Kier molecular flexibility index (Phi) is 3.63. The van der Waals surface area contributed by atoms with Gasteiger partial charge in [0, 0.05) is 11.9 Å². The van der Waals surface area contributed by atoms with Crippen molar-refractivity contribution in [2.75, 3.05) is 5.75 Å². The van der Waals surface area contributed by atoms with E-state index in [2.05, 4.69) is 9.97 Å². The maximum atomic E-state index is 10.3. The zero-order valence-electron chi connectivity index (χ0n) is 7.14. The van der Waals surface area contributed by atoms with Crippen molar-refractivity contribution < 1.29 is 4.92 Å². The Morgan fingerprint density at radius 1 is 1.69 bits per heavy atom. The van der Waals surface area contributed by atoms with E-state index in [9.17, 15) is 10.1 Å². The van der Waals surface area contributed by atoms with E-state index in [1.54, 1.807) is 0 Å². The Morgan fingerprint density at radius 3 is 3.08 bits per heavy atom. The zero-order valence-corrected chi connectivity index (χ0v) is 7.95. The Balaban J connectivity index is 2.73. The van der Waals surface area contributed by atoms with Gasteiger partial charge in [-0.2, -0.15) is 0 Å². The molecular weight excluding hydrogens is 190 g/mol. The summed E-state index contributed by atoms with van der Waals surface area (Å²) < 4.78 is 0. The molecule has 0 N–H and O–H groups in total. The molecule has 1 aromatic heterocycles. The summed E-state index contributed by atoms with van der Waals surface area (Å²) in [4.78, 5) is 17.5. The molecule has 0 amide bonds. The molecule has 0 fully saturated rings. The van der Waals surface area contributed by atoms with Crippen molar-refractivity contribution in [3.8, 4) is 0 Å². The third-order valence-corrected chi connectivity index (χ3v) is 2.31. The second-order valence-corrected chi connectivity index (χ2v) is 3.37. The molecule has 0 bridgehead atoms. The van der Waals surface area contributed by atoms with Crippen LogP contribution in [0.2, 0.25) is 0 Å². The highest BCUT2D eigenvalue weighted by atomic mass is 32.2. The van der Waals surface area contributed by atoms with E-state index in [-0.39, 0.29) is 5.82 Å². The van der Waals surface area contributed by atoms with E-state index >= 15 is 0 Å². The summed E-state index contributed by atoms with van der Waals surface area (Å²) in [6, 6.07) is 1.29. The van der Waals surface area contributed by atoms with Gasteiger partial charge >= 0.3 is 11.0 Å². The number of hydrogen-bond donors (Lipinski definition) is 0. The second-order valence-electron chi connectivity index (χ2n) is 2.30. The molecule has 1 rings (SSSR count). The lowest BCUT2D eigenvalue weighted by Crippen LogP contribution is -1.94. The lowest BCUT2D eigenvalue weighted by atomic mass is 10.6. The van der Waals surface area contributed by atoms with Gasteiger partial charge in [-0.15, -0.1) is 0 Å². The zero-order chi connectivity index (χ0) is 9.68. The van der Waals surface area contributed by atoms with E-state index < -0.39 is 4.92 Å². The van der Waals surface area contributed by atoms with E-state index in [0.717, 1.165) is 12.2 Å². The van der Waals surface area contributed by atoms with E-state index in [4.69, 9.17) is 0 Å². The summed E-state index contributed by atoms with van der Waals surface area (Å²) in [7, 11) is 0. The minimum absolute atomic E-state index is 0.145. The molecule has 13 heavy (non-hydrogen) atoms. The summed E-state index contributed by atoms with van der Waals surface area (Å²) in [5, 5.41) is 10.8. The van der Waals surface area contributed by atoms with Crippen LogP contribution in [-0.2, 0) is 0 Å². The molecule has 5 nitrogen and oxygen atoms in total. The van der Waals surface area contributed by atoms with Gasteiger partial charge in [-0.25, -0.2) is 4.98 Å². The Morgan fingerprint density at radius 2 is 2.46 bits per heavy atom. The average Bonchev–Trinajstić information content (AvgIpc) is 2.15.